The smallest absolute Gasteiger partial charge is 0.330 e. The first-order valence-electron chi connectivity index (χ1n) is 5.59. The van der Waals surface area contributed by atoms with Crippen molar-refractivity contribution in [3.05, 3.63) is 12.7 Å². The standard InChI is InChI=1S/C12H22O3/c1-3-12(13)15-11-9-7-5-4-6-8-10-14-2/h3H,1,4-11H2,2H3. The molecule has 0 aliphatic carbocycles. The number of rotatable bonds is 10. The predicted octanol–water partition coefficient (Wildman–Crippen LogP) is 2.70. The first-order chi connectivity index (χ1) is 7.31. The minimum absolute atomic E-state index is 0.324. The molecule has 0 fully saturated rings. The fraction of sp³-hybridized carbons (Fsp3) is 0.750. The van der Waals surface area contributed by atoms with Crippen LogP contribution in [0, 0.1) is 0 Å². The van der Waals surface area contributed by atoms with Crippen LogP contribution in [0.5, 0.6) is 0 Å². The SMILES string of the molecule is C=CC(=O)OCCCCCCCCOC. The van der Waals surface area contributed by atoms with Gasteiger partial charge in [0, 0.05) is 19.8 Å². The summed E-state index contributed by atoms with van der Waals surface area (Å²) in [5.41, 5.74) is 0. The third kappa shape index (κ3) is 11.1. The summed E-state index contributed by atoms with van der Waals surface area (Å²) in [5.74, 6) is -0.324. The highest BCUT2D eigenvalue weighted by atomic mass is 16.5. The van der Waals surface area contributed by atoms with E-state index in [-0.39, 0.29) is 5.97 Å². The molecule has 0 N–H and O–H groups in total. The lowest BCUT2D eigenvalue weighted by Gasteiger charge is -2.02. The van der Waals surface area contributed by atoms with Crippen LogP contribution in [0.2, 0.25) is 0 Å². The highest BCUT2D eigenvalue weighted by molar-refractivity contribution is 5.81. The highest BCUT2D eigenvalue weighted by Crippen LogP contribution is 2.05. The molecule has 15 heavy (non-hydrogen) atoms. The molecule has 0 spiro atoms. The molecule has 0 amide bonds. The Morgan fingerprint density at radius 2 is 1.60 bits per heavy atom. The Morgan fingerprint density at radius 1 is 1.07 bits per heavy atom. The summed E-state index contributed by atoms with van der Waals surface area (Å²) in [6, 6.07) is 0. The van der Waals surface area contributed by atoms with Gasteiger partial charge in [-0.15, -0.1) is 0 Å². The number of carbonyl (C=O) groups is 1. The fourth-order valence-corrected chi connectivity index (χ4v) is 1.29. The molecule has 0 aromatic carbocycles. The maximum atomic E-state index is 10.7. The molecule has 0 atom stereocenters. The lowest BCUT2D eigenvalue weighted by atomic mass is 10.1. The molecule has 0 rings (SSSR count). The van der Waals surface area contributed by atoms with Crippen molar-refractivity contribution in [1.29, 1.82) is 0 Å². The number of esters is 1. The van der Waals surface area contributed by atoms with Crippen molar-refractivity contribution in [1.82, 2.24) is 0 Å². The zero-order chi connectivity index (χ0) is 11.4. The molecular formula is C12H22O3. The van der Waals surface area contributed by atoms with Gasteiger partial charge in [-0.05, 0) is 12.8 Å². The van der Waals surface area contributed by atoms with E-state index in [2.05, 4.69) is 6.58 Å². The van der Waals surface area contributed by atoms with Crippen LogP contribution >= 0.6 is 0 Å². The van der Waals surface area contributed by atoms with Crippen molar-refractivity contribution >= 4 is 5.97 Å². The number of unbranched alkanes of at least 4 members (excludes halogenated alkanes) is 5. The zero-order valence-corrected chi connectivity index (χ0v) is 9.67. The Bertz CT molecular complexity index is 166. The second-order valence-electron chi connectivity index (χ2n) is 3.49. The van der Waals surface area contributed by atoms with Crippen LogP contribution in [0.4, 0.5) is 0 Å². The van der Waals surface area contributed by atoms with Crippen LogP contribution < -0.4 is 0 Å². The van der Waals surface area contributed by atoms with E-state index < -0.39 is 0 Å². The van der Waals surface area contributed by atoms with Gasteiger partial charge in [-0.3, -0.25) is 0 Å². The average molecular weight is 214 g/mol. The Morgan fingerprint density at radius 3 is 2.13 bits per heavy atom. The number of methoxy groups -OCH3 is 1. The van der Waals surface area contributed by atoms with Gasteiger partial charge in [0.25, 0.3) is 0 Å². The van der Waals surface area contributed by atoms with Crippen LogP contribution in [0.25, 0.3) is 0 Å². The number of ether oxygens (including phenoxy) is 2. The molecule has 0 unspecified atom stereocenters. The minimum atomic E-state index is -0.324. The summed E-state index contributed by atoms with van der Waals surface area (Å²) in [6.07, 6.45) is 8.07. The van der Waals surface area contributed by atoms with Gasteiger partial charge in [0.15, 0.2) is 0 Å². The van der Waals surface area contributed by atoms with E-state index in [1.807, 2.05) is 0 Å². The van der Waals surface area contributed by atoms with Crippen LogP contribution in [0.15, 0.2) is 12.7 Å². The van der Waals surface area contributed by atoms with Gasteiger partial charge < -0.3 is 9.47 Å². The normalized spacial score (nSPS) is 9.93. The molecule has 0 saturated heterocycles. The lowest BCUT2D eigenvalue weighted by Crippen LogP contribution is -2.01. The van der Waals surface area contributed by atoms with E-state index in [0.29, 0.717) is 6.61 Å². The van der Waals surface area contributed by atoms with Gasteiger partial charge in [-0.25, -0.2) is 4.79 Å². The maximum absolute atomic E-state index is 10.7. The van der Waals surface area contributed by atoms with E-state index in [9.17, 15) is 4.79 Å². The summed E-state index contributed by atoms with van der Waals surface area (Å²) < 4.78 is 9.82. The summed E-state index contributed by atoms with van der Waals surface area (Å²) >= 11 is 0. The van der Waals surface area contributed by atoms with E-state index in [1.54, 1.807) is 7.11 Å². The quantitative estimate of drug-likeness (QED) is 0.318. The average Bonchev–Trinajstić information content (AvgIpc) is 2.26. The molecule has 0 heterocycles. The van der Waals surface area contributed by atoms with E-state index in [4.69, 9.17) is 9.47 Å². The lowest BCUT2D eigenvalue weighted by molar-refractivity contribution is -0.137. The van der Waals surface area contributed by atoms with Crippen molar-refractivity contribution in [2.45, 2.75) is 38.5 Å². The van der Waals surface area contributed by atoms with Crippen LogP contribution in [0.3, 0.4) is 0 Å². The number of hydrogen-bond acceptors (Lipinski definition) is 3. The Balaban J connectivity index is 2.98. The monoisotopic (exact) mass is 214 g/mol. The third-order valence-corrected chi connectivity index (χ3v) is 2.15. The van der Waals surface area contributed by atoms with E-state index in [1.165, 1.54) is 25.3 Å². The van der Waals surface area contributed by atoms with Gasteiger partial charge in [-0.2, -0.15) is 0 Å². The molecule has 88 valence electrons. The van der Waals surface area contributed by atoms with Crippen molar-refractivity contribution in [3.8, 4) is 0 Å². The van der Waals surface area contributed by atoms with Crippen LogP contribution in [0.1, 0.15) is 38.5 Å². The molecule has 0 radical (unpaired) electrons. The largest absolute Gasteiger partial charge is 0.463 e. The maximum Gasteiger partial charge on any atom is 0.330 e. The number of carbonyl (C=O) groups excluding carboxylic acids is 1. The second kappa shape index (κ2) is 11.2. The second-order valence-corrected chi connectivity index (χ2v) is 3.49. The summed E-state index contributed by atoms with van der Waals surface area (Å²) in [7, 11) is 1.73. The summed E-state index contributed by atoms with van der Waals surface area (Å²) in [4.78, 5) is 10.7. The first-order valence-corrected chi connectivity index (χ1v) is 5.59. The zero-order valence-electron chi connectivity index (χ0n) is 9.67. The van der Waals surface area contributed by atoms with Crippen LogP contribution in [-0.2, 0) is 14.3 Å². The summed E-state index contributed by atoms with van der Waals surface area (Å²) in [5, 5.41) is 0. The summed E-state index contributed by atoms with van der Waals surface area (Å²) in [6.45, 7) is 4.71. The fourth-order valence-electron chi connectivity index (χ4n) is 1.29. The van der Waals surface area contributed by atoms with Gasteiger partial charge in [0.2, 0.25) is 0 Å². The van der Waals surface area contributed by atoms with Crippen molar-refractivity contribution < 1.29 is 14.3 Å². The van der Waals surface area contributed by atoms with E-state index >= 15 is 0 Å². The van der Waals surface area contributed by atoms with Crippen molar-refractivity contribution in [3.63, 3.8) is 0 Å². The van der Waals surface area contributed by atoms with Gasteiger partial charge in [-0.1, -0.05) is 32.3 Å². The number of hydrogen-bond donors (Lipinski definition) is 0. The van der Waals surface area contributed by atoms with Gasteiger partial charge in [0.1, 0.15) is 0 Å². The topological polar surface area (TPSA) is 35.5 Å². The van der Waals surface area contributed by atoms with Crippen LogP contribution in [-0.4, -0.2) is 26.3 Å². The molecular weight excluding hydrogens is 192 g/mol. The molecule has 0 aromatic rings. The predicted molar refractivity (Wildman–Crippen MR) is 60.7 cm³/mol. The van der Waals surface area contributed by atoms with Gasteiger partial charge in [0.05, 0.1) is 6.61 Å². The molecule has 3 nitrogen and oxygen atoms in total. The molecule has 0 aliphatic rings. The molecule has 0 bridgehead atoms. The molecule has 0 saturated carbocycles. The van der Waals surface area contributed by atoms with E-state index in [0.717, 1.165) is 25.9 Å². The highest BCUT2D eigenvalue weighted by Gasteiger charge is 1.95. The Kier molecular flexibility index (Phi) is 10.6. The first kappa shape index (κ1) is 14.2. The Hall–Kier alpha value is -0.830. The van der Waals surface area contributed by atoms with Crippen molar-refractivity contribution in [2.24, 2.45) is 0 Å². The molecule has 3 heteroatoms. The minimum Gasteiger partial charge on any atom is -0.463 e. The van der Waals surface area contributed by atoms with Crippen molar-refractivity contribution in [2.75, 3.05) is 20.3 Å². The Labute approximate surface area is 92.5 Å². The molecule has 0 aromatic heterocycles. The van der Waals surface area contributed by atoms with Gasteiger partial charge >= 0.3 is 5.97 Å². The third-order valence-electron chi connectivity index (χ3n) is 2.15. The molecule has 0 aliphatic heterocycles.